The Kier molecular flexibility index (Phi) is 3.50. The van der Waals surface area contributed by atoms with Crippen molar-refractivity contribution in [1.29, 1.82) is 0 Å². The number of aromatic nitrogens is 2. The Hall–Kier alpha value is -3.14. The average molecular weight is 316 g/mol. The topological polar surface area (TPSA) is 55.0 Å². The van der Waals surface area contributed by atoms with Gasteiger partial charge in [-0.15, -0.1) is 0 Å². The van der Waals surface area contributed by atoms with E-state index < -0.39 is 0 Å². The summed E-state index contributed by atoms with van der Waals surface area (Å²) in [5.74, 6) is 0.586. The van der Waals surface area contributed by atoms with Gasteiger partial charge >= 0.3 is 5.97 Å². The van der Waals surface area contributed by atoms with E-state index in [2.05, 4.69) is 34.2 Å². The maximum Gasteiger partial charge on any atom is 0.337 e. The average Bonchev–Trinajstić information content (AvgIpc) is 3.00. The lowest BCUT2D eigenvalue weighted by Gasteiger charge is -2.01. The molecule has 24 heavy (non-hydrogen) atoms. The van der Waals surface area contributed by atoms with E-state index in [1.807, 2.05) is 24.3 Å². The van der Waals surface area contributed by atoms with Crippen LogP contribution in [0.5, 0.6) is 0 Å². The van der Waals surface area contributed by atoms with Crippen LogP contribution >= 0.6 is 0 Å². The van der Waals surface area contributed by atoms with Crippen molar-refractivity contribution in [2.24, 2.45) is 0 Å². The number of methoxy groups -OCH3 is 1. The van der Waals surface area contributed by atoms with Crippen molar-refractivity contribution in [3.63, 3.8) is 0 Å². The number of carbonyl (C=O) groups is 1. The number of aromatic amines is 1. The number of imidazole rings is 1. The summed E-state index contributed by atoms with van der Waals surface area (Å²) in [5.41, 5.74) is 3.65. The zero-order valence-electron chi connectivity index (χ0n) is 13.2. The Bertz CT molecular complexity index is 980. The summed E-state index contributed by atoms with van der Waals surface area (Å²) in [5, 5.41) is 2.38. The molecule has 1 N–H and O–H groups in total. The minimum atomic E-state index is -0.322. The molecule has 0 unspecified atom stereocenters. The van der Waals surface area contributed by atoms with Gasteiger partial charge in [0.15, 0.2) is 0 Å². The monoisotopic (exact) mass is 316 g/mol. The third-order valence-corrected chi connectivity index (χ3v) is 4.14. The number of hydrogen-bond donors (Lipinski definition) is 1. The van der Waals surface area contributed by atoms with Crippen LogP contribution in [-0.4, -0.2) is 23.0 Å². The van der Waals surface area contributed by atoms with Gasteiger partial charge in [0, 0.05) is 6.42 Å². The van der Waals surface area contributed by atoms with E-state index >= 15 is 0 Å². The number of rotatable bonds is 3. The Labute approximate surface area is 139 Å². The number of nitrogens with one attached hydrogen (secondary N) is 1. The molecule has 0 spiro atoms. The van der Waals surface area contributed by atoms with Gasteiger partial charge in [0.25, 0.3) is 0 Å². The summed E-state index contributed by atoms with van der Waals surface area (Å²) >= 11 is 0. The molecular weight excluding hydrogens is 300 g/mol. The molecule has 0 radical (unpaired) electrons. The Morgan fingerprint density at radius 2 is 1.75 bits per heavy atom. The van der Waals surface area contributed by atoms with Crippen LogP contribution in [-0.2, 0) is 11.2 Å². The predicted octanol–water partition coefficient (Wildman–Crippen LogP) is 4.09. The Morgan fingerprint density at radius 3 is 2.46 bits per heavy atom. The molecule has 1 heterocycles. The molecule has 0 aliphatic heterocycles. The summed E-state index contributed by atoms with van der Waals surface area (Å²) in [6, 6.07) is 19.9. The van der Waals surface area contributed by atoms with E-state index in [1.54, 1.807) is 12.1 Å². The molecule has 4 nitrogen and oxygen atoms in total. The Morgan fingerprint density at radius 1 is 1.04 bits per heavy atom. The highest BCUT2D eigenvalue weighted by molar-refractivity contribution is 5.95. The molecule has 4 aromatic rings. The highest BCUT2D eigenvalue weighted by Gasteiger charge is 2.08. The van der Waals surface area contributed by atoms with Crippen molar-refractivity contribution in [3.8, 4) is 0 Å². The van der Waals surface area contributed by atoms with Gasteiger partial charge in [0.2, 0.25) is 0 Å². The normalized spacial score (nSPS) is 11.0. The van der Waals surface area contributed by atoms with Crippen LogP contribution in [0.4, 0.5) is 0 Å². The van der Waals surface area contributed by atoms with E-state index in [9.17, 15) is 4.79 Å². The highest BCUT2D eigenvalue weighted by atomic mass is 16.5. The molecule has 0 saturated carbocycles. The number of nitrogens with zero attached hydrogens (tertiary/aromatic N) is 1. The minimum absolute atomic E-state index is 0.322. The fraction of sp³-hybridized carbons (Fsp3) is 0.100. The molecular formula is C20H16N2O2. The van der Waals surface area contributed by atoms with Crippen LogP contribution in [0.25, 0.3) is 21.8 Å². The van der Waals surface area contributed by atoms with Crippen LogP contribution < -0.4 is 0 Å². The van der Waals surface area contributed by atoms with E-state index in [0.717, 1.165) is 22.4 Å². The molecule has 0 saturated heterocycles. The second kappa shape index (κ2) is 5.81. The lowest BCUT2D eigenvalue weighted by atomic mass is 10.1. The third kappa shape index (κ3) is 2.63. The van der Waals surface area contributed by atoms with Crippen molar-refractivity contribution < 1.29 is 9.53 Å². The number of benzene rings is 3. The largest absolute Gasteiger partial charge is 0.465 e. The van der Waals surface area contributed by atoms with Crippen LogP contribution in [0.3, 0.4) is 0 Å². The van der Waals surface area contributed by atoms with Gasteiger partial charge in [0.1, 0.15) is 5.82 Å². The van der Waals surface area contributed by atoms with Crippen molar-refractivity contribution in [1.82, 2.24) is 9.97 Å². The number of esters is 1. The van der Waals surface area contributed by atoms with E-state index in [4.69, 9.17) is 4.74 Å². The maximum atomic E-state index is 11.5. The molecule has 118 valence electrons. The first-order valence-electron chi connectivity index (χ1n) is 7.77. The summed E-state index contributed by atoms with van der Waals surface area (Å²) in [6.45, 7) is 0. The fourth-order valence-electron chi connectivity index (χ4n) is 2.90. The van der Waals surface area contributed by atoms with Crippen LogP contribution in [0.1, 0.15) is 21.7 Å². The summed E-state index contributed by atoms with van der Waals surface area (Å²) in [6.07, 6.45) is 0.687. The fourth-order valence-corrected chi connectivity index (χ4v) is 2.90. The summed E-state index contributed by atoms with van der Waals surface area (Å²) < 4.78 is 4.71. The van der Waals surface area contributed by atoms with E-state index in [1.165, 1.54) is 17.9 Å². The van der Waals surface area contributed by atoms with Crippen LogP contribution in [0.15, 0.2) is 60.7 Å². The number of H-pyrrole nitrogens is 1. The molecule has 0 fully saturated rings. The lowest BCUT2D eigenvalue weighted by Crippen LogP contribution is -2.01. The molecule has 0 atom stereocenters. The van der Waals surface area contributed by atoms with Crippen LogP contribution in [0.2, 0.25) is 0 Å². The second-order valence-electron chi connectivity index (χ2n) is 5.77. The first-order chi connectivity index (χ1) is 11.7. The molecule has 0 amide bonds. The first-order valence-corrected chi connectivity index (χ1v) is 7.77. The van der Waals surface area contributed by atoms with Gasteiger partial charge in [-0.05, 0) is 40.6 Å². The van der Waals surface area contributed by atoms with Gasteiger partial charge in [-0.1, -0.05) is 36.4 Å². The van der Waals surface area contributed by atoms with Crippen molar-refractivity contribution in [2.45, 2.75) is 6.42 Å². The smallest absolute Gasteiger partial charge is 0.337 e. The number of ether oxygens (including phenoxy) is 1. The number of fused-ring (bicyclic) bond motifs is 2. The zero-order chi connectivity index (χ0) is 16.5. The van der Waals surface area contributed by atoms with Gasteiger partial charge in [-0.3, -0.25) is 0 Å². The molecule has 0 aliphatic rings. The molecule has 3 aromatic carbocycles. The molecule has 4 rings (SSSR count). The molecule has 1 aromatic heterocycles. The quantitative estimate of drug-likeness (QED) is 0.579. The zero-order valence-corrected chi connectivity index (χ0v) is 13.2. The lowest BCUT2D eigenvalue weighted by molar-refractivity contribution is 0.0600. The molecule has 0 bridgehead atoms. The van der Waals surface area contributed by atoms with Crippen molar-refractivity contribution in [2.75, 3.05) is 7.11 Å². The second-order valence-corrected chi connectivity index (χ2v) is 5.77. The standard InChI is InChI=1S/C20H16N2O2/c1-24-20(23)14-8-6-13(7-9-14)10-19-21-17-11-15-4-2-3-5-16(15)12-18(17)22-19/h2-9,11-12H,10H2,1H3,(H,21,22). The minimum Gasteiger partial charge on any atom is -0.465 e. The van der Waals surface area contributed by atoms with Crippen molar-refractivity contribution >= 4 is 27.8 Å². The maximum absolute atomic E-state index is 11.5. The van der Waals surface area contributed by atoms with E-state index in [-0.39, 0.29) is 5.97 Å². The summed E-state index contributed by atoms with van der Waals surface area (Å²) in [7, 11) is 1.38. The number of carbonyl (C=O) groups excluding carboxylic acids is 1. The third-order valence-electron chi connectivity index (χ3n) is 4.14. The predicted molar refractivity (Wildman–Crippen MR) is 94.2 cm³/mol. The molecule has 0 aliphatic carbocycles. The van der Waals surface area contributed by atoms with Gasteiger partial charge in [-0.2, -0.15) is 0 Å². The summed E-state index contributed by atoms with van der Waals surface area (Å²) in [4.78, 5) is 19.5. The first kappa shape index (κ1) is 14.5. The van der Waals surface area contributed by atoms with Gasteiger partial charge in [-0.25, -0.2) is 9.78 Å². The Balaban J connectivity index is 1.64. The van der Waals surface area contributed by atoms with Crippen molar-refractivity contribution in [3.05, 3.63) is 77.6 Å². The highest BCUT2D eigenvalue weighted by Crippen LogP contribution is 2.22. The van der Waals surface area contributed by atoms with Gasteiger partial charge < -0.3 is 9.72 Å². The van der Waals surface area contributed by atoms with E-state index in [0.29, 0.717) is 12.0 Å². The van der Waals surface area contributed by atoms with Gasteiger partial charge in [0.05, 0.1) is 23.7 Å². The SMILES string of the molecule is COC(=O)c1ccc(Cc2nc3cc4ccccc4cc3[nH]2)cc1. The number of hydrogen-bond acceptors (Lipinski definition) is 3. The molecule has 4 heteroatoms. The van der Waals surface area contributed by atoms with Crippen LogP contribution in [0, 0.1) is 0 Å².